The highest BCUT2D eigenvalue weighted by Crippen LogP contribution is 2.41. The van der Waals surface area contributed by atoms with Crippen LogP contribution in [0.3, 0.4) is 0 Å². The molecule has 1 aromatic carbocycles. The monoisotopic (exact) mass is 261 g/mol. The molecule has 1 rings (SSSR count). The predicted molar refractivity (Wildman–Crippen MR) is 65.6 cm³/mol. The standard InChI is InChI=1S/C9H12ClN3O2S/c10-16(7-4-2-1-3-5-7)15-8(14)6-13-9(11)12/h1-5,16H,6H2,(H4,11,12,13). The third-order valence-electron chi connectivity index (χ3n) is 1.56. The van der Waals surface area contributed by atoms with Crippen molar-refractivity contribution in [1.82, 2.24) is 5.32 Å². The molecule has 7 heteroatoms. The van der Waals surface area contributed by atoms with Crippen molar-refractivity contribution in [2.24, 2.45) is 5.73 Å². The Bertz CT molecular complexity index is 374. The average molecular weight is 262 g/mol. The molecule has 0 radical (unpaired) electrons. The summed E-state index contributed by atoms with van der Waals surface area (Å²) in [6.45, 7) is -0.159. The number of benzene rings is 1. The number of nitrogens with one attached hydrogen (secondary N) is 2. The van der Waals surface area contributed by atoms with Crippen molar-refractivity contribution in [2.75, 3.05) is 6.54 Å². The summed E-state index contributed by atoms with van der Waals surface area (Å²) in [7, 11) is 4.45. The van der Waals surface area contributed by atoms with Crippen molar-refractivity contribution >= 4 is 33.0 Å². The number of thiol groups is 1. The van der Waals surface area contributed by atoms with Crippen LogP contribution < -0.4 is 11.1 Å². The summed E-state index contributed by atoms with van der Waals surface area (Å²) >= 11 is 0. The number of carbonyl (C=O) groups is 1. The number of halogens is 1. The summed E-state index contributed by atoms with van der Waals surface area (Å²) in [5, 5.41) is 9.21. The second-order valence-corrected chi connectivity index (χ2v) is 4.92. The van der Waals surface area contributed by atoms with Crippen LogP contribution in [0.4, 0.5) is 0 Å². The SMILES string of the molecule is N=C(N)NCC(=O)O[SH](Cl)c1ccccc1. The Kier molecular flexibility index (Phi) is 4.94. The lowest BCUT2D eigenvalue weighted by atomic mass is 10.4. The van der Waals surface area contributed by atoms with Gasteiger partial charge in [-0.05, 0) is 22.8 Å². The maximum atomic E-state index is 11.2. The van der Waals surface area contributed by atoms with Crippen LogP contribution in [-0.2, 0) is 8.98 Å². The third kappa shape index (κ3) is 4.41. The molecule has 0 saturated carbocycles. The molecule has 0 aliphatic heterocycles. The molecular weight excluding hydrogens is 250 g/mol. The molecule has 0 fully saturated rings. The third-order valence-corrected chi connectivity index (χ3v) is 3.42. The van der Waals surface area contributed by atoms with Gasteiger partial charge in [-0.3, -0.25) is 5.41 Å². The van der Waals surface area contributed by atoms with Crippen molar-refractivity contribution in [3.63, 3.8) is 0 Å². The van der Waals surface area contributed by atoms with Crippen LogP contribution in [0.2, 0.25) is 0 Å². The van der Waals surface area contributed by atoms with Crippen molar-refractivity contribution < 1.29 is 8.98 Å². The van der Waals surface area contributed by atoms with Crippen molar-refractivity contribution in [3.05, 3.63) is 30.3 Å². The van der Waals surface area contributed by atoms with Gasteiger partial charge in [-0.2, -0.15) is 0 Å². The first-order chi connectivity index (χ1) is 7.59. The van der Waals surface area contributed by atoms with Crippen LogP contribution in [0.1, 0.15) is 0 Å². The first-order valence-corrected chi connectivity index (χ1v) is 6.55. The second-order valence-electron chi connectivity index (χ2n) is 2.81. The van der Waals surface area contributed by atoms with Crippen LogP contribution in [-0.4, -0.2) is 18.5 Å². The van der Waals surface area contributed by atoms with E-state index in [0.717, 1.165) is 4.90 Å². The molecule has 1 atom stereocenters. The van der Waals surface area contributed by atoms with Crippen LogP contribution in [0.5, 0.6) is 0 Å². The molecule has 4 N–H and O–H groups in total. The Labute approximate surface area is 100 Å². The fourth-order valence-corrected chi connectivity index (χ4v) is 2.21. The van der Waals surface area contributed by atoms with E-state index < -0.39 is 16.4 Å². The summed E-state index contributed by atoms with van der Waals surface area (Å²) in [6.07, 6.45) is 0. The zero-order chi connectivity index (χ0) is 12.0. The number of nitrogens with two attached hydrogens (primary N) is 1. The van der Waals surface area contributed by atoms with E-state index in [-0.39, 0.29) is 12.5 Å². The molecule has 0 saturated heterocycles. The Balaban J connectivity index is 2.43. The van der Waals surface area contributed by atoms with Crippen molar-refractivity contribution in [1.29, 1.82) is 5.41 Å². The first kappa shape index (κ1) is 12.7. The minimum absolute atomic E-state index is 0.159. The van der Waals surface area contributed by atoms with E-state index in [4.69, 9.17) is 26.0 Å². The van der Waals surface area contributed by atoms with Gasteiger partial charge >= 0.3 is 5.97 Å². The second kappa shape index (κ2) is 6.24. The number of guanidine groups is 1. The van der Waals surface area contributed by atoms with E-state index in [1.165, 1.54) is 0 Å². The molecule has 0 aliphatic rings. The van der Waals surface area contributed by atoms with Gasteiger partial charge in [0.25, 0.3) is 0 Å². The topological polar surface area (TPSA) is 88.2 Å². The fourth-order valence-electron chi connectivity index (χ4n) is 0.887. The summed E-state index contributed by atoms with van der Waals surface area (Å²) < 4.78 is 4.96. The van der Waals surface area contributed by atoms with Gasteiger partial charge in [-0.1, -0.05) is 18.2 Å². The van der Waals surface area contributed by atoms with Gasteiger partial charge in [0.2, 0.25) is 0 Å². The molecule has 0 bridgehead atoms. The maximum Gasteiger partial charge on any atom is 0.336 e. The van der Waals surface area contributed by atoms with Gasteiger partial charge in [-0.25, -0.2) is 4.79 Å². The molecule has 0 aromatic heterocycles. The van der Waals surface area contributed by atoms with Crippen LogP contribution in [0.15, 0.2) is 35.2 Å². The average Bonchev–Trinajstić information content (AvgIpc) is 2.27. The lowest BCUT2D eigenvalue weighted by Crippen LogP contribution is -2.34. The number of rotatable bonds is 4. The summed E-state index contributed by atoms with van der Waals surface area (Å²) in [5.74, 6) is -0.823. The Morgan fingerprint density at radius 3 is 2.69 bits per heavy atom. The molecule has 16 heavy (non-hydrogen) atoms. The fraction of sp³-hybridized carbons (Fsp3) is 0.111. The molecule has 0 heterocycles. The largest absolute Gasteiger partial charge is 0.398 e. The normalized spacial score (nSPS) is 12.7. The first-order valence-electron chi connectivity index (χ1n) is 4.39. The molecule has 0 spiro atoms. The van der Waals surface area contributed by atoms with E-state index in [0.29, 0.717) is 0 Å². The number of carbonyl (C=O) groups excluding carboxylic acids is 1. The summed E-state index contributed by atoms with van der Waals surface area (Å²) in [4.78, 5) is 12.0. The number of hydrogen-bond donors (Lipinski definition) is 4. The highest BCUT2D eigenvalue weighted by molar-refractivity contribution is 8.33. The predicted octanol–water partition coefficient (Wildman–Crippen LogP) is 1.14. The molecule has 1 aromatic rings. The minimum atomic E-state index is -1.47. The van der Waals surface area contributed by atoms with E-state index >= 15 is 0 Å². The zero-order valence-corrected chi connectivity index (χ0v) is 9.96. The van der Waals surface area contributed by atoms with E-state index in [1.807, 2.05) is 18.2 Å². The van der Waals surface area contributed by atoms with E-state index in [9.17, 15) is 4.79 Å². The van der Waals surface area contributed by atoms with Gasteiger partial charge in [0, 0.05) is 15.3 Å². The molecular formula is C9H12ClN3O2S. The quantitative estimate of drug-likeness (QED) is 0.372. The van der Waals surface area contributed by atoms with Crippen LogP contribution in [0, 0.1) is 5.41 Å². The van der Waals surface area contributed by atoms with Crippen molar-refractivity contribution in [3.8, 4) is 0 Å². The highest BCUT2D eigenvalue weighted by Gasteiger charge is 2.09. The Hall–Kier alpha value is -1.40. The van der Waals surface area contributed by atoms with Gasteiger partial charge < -0.3 is 15.2 Å². The Morgan fingerprint density at radius 1 is 1.50 bits per heavy atom. The van der Waals surface area contributed by atoms with Gasteiger partial charge in [0.1, 0.15) is 6.54 Å². The highest BCUT2D eigenvalue weighted by atomic mass is 35.7. The smallest absolute Gasteiger partial charge is 0.336 e. The molecule has 5 nitrogen and oxygen atoms in total. The van der Waals surface area contributed by atoms with Gasteiger partial charge in [0.15, 0.2) is 5.96 Å². The van der Waals surface area contributed by atoms with E-state index in [1.54, 1.807) is 12.1 Å². The maximum absolute atomic E-state index is 11.2. The lowest BCUT2D eigenvalue weighted by molar-refractivity contribution is -0.131. The molecule has 1 unspecified atom stereocenters. The zero-order valence-electron chi connectivity index (χ0n) is 8.31. The van der Waals surface area contributed by atoms with Crippen molar-refractivity contribution in [2.45, 2.75) is 4.90 Å². The molecule has 0 amide bonds. The summed E-state index contributed by atoms with van der Waals surface area (Å²) in [6, 6.07) is 9.04. The van der Waals surface area contributed by atoms with Crippen LogP contribution in [0.25, 0.3) is 0 Å². The number of hydrogen-bond acceptors (Lipinski definition) is 3. The van der Waals surface area contributed by atoms with Crippen LogP contribution >= 0.6 is 21.1 Å². The molecule has 88 valence electrons. The van der Waals surface area contributed by atoms with Gasteiger partial charge in [-0.15, -0.1) is 0 Å². The minimum Gasteiger partial charge on any atom is -0.398 e. The van der Waals surface area contributed by atoms with E-state index in [2.05, 4.69) is 5.32 Å². The Morgan fingerprint density at radius 2 is 2.12 bits per heavy atom. The summed E-state index contributed by atoms with van der Waals surface area (Å²) in [5.41, 5.74) is 5.02. The van der Waals surface area contributed by atoms with Gasteiger partial charge in [0.05, 0.1) is 0 Å². The lowest BCUT2D eigenvalue weighted by Gasteiger charge is -2.14. The molecule has 0 aliphatic carbocycles.